The van der Waals surface area contributed by atoms with Gasteiger partial charge in [-0.05, 0) is 24.1 Å². The van der Waals surface area contributed by atoms with E-state index in [1.165, 1.54) is 6.92 Å². The lowest BCUT2D eigenvalue weighted by Crippen LogP contribution is -2.38. The van der Waals surface area contributed by atoms with Crippen LogP contribution < -0.4 is 5.32 Å². The van der Waals surface area contributed by atoms with Crippen molar-refractivity contribution in [1.29, 1.82) is 0 Å². The molecule has 3 atom stereocenters. The van der Waals surface area contributed by atoms with Crippen molar-refractivity contribution < 1.29 is 14.6 Å². The van der Waals surface area contributed by atoms with Crippen LogP contribution in [0, 0.1) is 0 Å². The van der Waals surface area contributed by atoms with Gasteiger partial charge in [0.05, 0.1) is 24.1 Å². The summed E-state index contributed by atoms with van der Waals surface area (Å²) in [6, 6.07) is 11.6. The highest BCUT2D eigenvalue weighted by Gasteiger charge is 2.37. The maximum absolute atomic E-state index is 11.3. The number of aromatic nitrogens is 4. The minimum Gasteiger partial charge on any atom is -0.458 e. The van der Waals surface area contributed by atoms with Gasteiger partial charge in [-0.2, -0.15) is 0 Å². The molecular formula is C20H21N5O3. The molecule has 1 saturated heterocycles. The molecule has 8 nitrogen and oxygen atoms in total. The van der Waals surface area contributed by atoms with E-state index in [0.717, 1.165) is 22.5 Å². The third-order valence-electron chi connectivity index (χ3n) is 4.78. The molecule has 4 rings (SSSR count). The second kappa shape index (κ2) is 7.87. The monoisotopic (exact) mass is 379 g/mol. The highest BCUT2D eigenvalue weighted by molar-refractivity contribution is 5.66. The van der Waals surface area contributed by atoms with Crippen LogP contribution in [-0.4, -0.2) is 55.8 Å². The molecule has 0 unspecified atom stereocenters. The van der Waals surface area contributed by atoms with Crippen molar-refractivity contribution in [3.63, 3.8) is 0 Å². The number of rotatable bonds is 5. The first-order valence-electron chi connectivity index (χ1n) is 9.11. The zero-order valence-electron chi connectivity index (χ0n) is 15.4. The molecule has 0 amide bonds. The summed E-state index contributed by atoms with van der Waals surface area (Å²) in [5.41, 5.74) is 3.64. The summed E-state index contributed by atoms with van der Waals surface area (Å²) in [7, 11) is 0. The fraction of sp³-hybridized carbons (Fsp3) is 0.300. The van der Waals surface area contributed by atoms with Crippen LogP contribution >= 0.6 is 0 Å². The molecule has 8 heteroatoms. The Labute approximate surface area is 162 Å². The standard InChI is InChI=1S/C20H21N5O3/c1-13(26)28-20-17(22-11-19(20)27)9-14-4-6-15(7-5-14)18-12-25(24-23-18)16-3-2-8-21-10-16/h2-8,10,12,17,19-20,22,27H,9,11H2,1H3/t17-,19+,20+/m1/s1. The molecule has 144 valence electrons. The van der Waals surface area contributed by atoms with E-state index in [0.29, 0.717) is 13.0 Å². The van der Waals surface area contributed by atoms with Crippen LogP contribution in [0.4, 0.5) is 0 Å². The van der Waals surface area contributed by atoms with Gasteiger partial charge >= 0.3 is 5.97 Å². The molecule has 28 heavy (non-hydrogen) atoms. The number of hydrogen-bond acceptors (Lipinski definition) is 7. The van der Waals surface area contributed by atoms with Crippen molar-refractivity contribution in [3.05, 3.63) is 60.6 Å². The van der Waals surface area contributed by atoms with Gasteiger partial charge in [0.2, 0.25) is 0 Å². The first kappa shape index (κ1) is 18.3. The molecule has 3 heterocycles. The van der Waals surface area contributed by atoms with Gasteiger partial charge in [-0.15, -0.1) is 5.10 Å². The Morgan fingerprint density at radius 2 is 2.14 bits per heavy atom. The molecule has 1 aliphatic rings. The predicted octanol–water partition coefficient (Wildman–Crippen LogP) is 1.14. The maximum atomic E-state index is 11.3. The molecule has 0 bridgehead atoms. The molecule has 0 radical (unpaired) electrons. The Kier molecular flexibility index (Phi) is 5.14. The first-order chi connectivity index (χ1) is 13.6. The van der Waals surface area contributed by atoms with Crippen LogP contribution in [0.3, 0.4) is 0 Å². The summed E-state index contributed by atoms with van der Waals surface area (Å²) in [5.74, 6) is -0.384. The quantitative estimate of drug-likeness (QED) is 0.641. The number of hydrogen-bond donors (Lipinski definition) is 2. The van der Waals surface area contributed by atoms with Crippen molar-refractivity contribution in [1.82, 2.24) is 25.3 Å². The van der Waals surface area contributed by atoms with Gasteiger partial charge in [-0.25, -0.2) is 4.68 Å². The molecule has 3 aromatic rings. The van der Waals surface area contributed by atoms with Crippen LogP contribution in [0.25, 0.3) is 16.9 Å². The van der Waals surface area contributed by atoms with E-state index in [2.05, 4.69) is 20.6 Å². The molecule has 1 aromatic carbocycles. The van der Waals surface area contributed by atoms with Crippen LogP contribution in [0.15, 0.2) is 55.0 Å². The Morgan fingerprint density at radius 1 is 1.32 bits per heavy atom. The van der Waals surface area contributed by atoms with Gasteiger partial charge in [-0.3, -0.25) is 9.78 Å². The number of carbonyl (C=O) groups is 1. The number of pyridine rings is 1. The van der Waals surface area contributed by atoms with E-state index in [9.17, 15) is 9.90 Å². The van der Waals surface area contributed by atoms with Gasteiger partial charge in [0, 0.05) is 25.2 Å². The fourth-order valence-electron chi connectivity index (χ4n) is 3.39. The van der Waals surface area contributed by atoms with Gasteiger partial charge in [0.25, 0.3) is 0 Å². The van der Waals surface area contributed by atoms with Crippen molar-refractivity contribution >= 4 is 5.97 Å². The van der Waals surface area contributed by atoms with Gasteiger partial charge in [0.15, 0.2) is 0 Å². The number of ether oxygens (including phenoxy) is 1. The fourth-order valence-corrected chi connectivity index (χ4v) is 3.39. The van der Waals surface area contributed by atoms with E-state index in [1.54, 1.807) is 17.1 Å². The zero-order chi connectivity index (χ0) is 19.5. The Bertz CT molecular complexity index is 942. The number of nitrogens with one attached hydrogen (secondary N) is 1. The summed E-state index contributed by atoms with van der Waals surface area (Å²) in [5, 5.41) is 21.6. The summed E-state index contributed by atoms with van der Waals surface area (Å²) in [4.78, 5) is 15.4. The van der Waals surface area contributed by atoms with Crippen molar-refractivity contribution in [3.8, 4) is 16.9 Å². The van der Waals surface area contributed by atoms with E-state index >= 15 is 0 Å². The minimum absolute atomic E-state index is 0.115. The smallest absolute Gasteiger partial charge is 0.303 e. The third-order valence-corrected chi connectivity index (χ3v) is 4.78. The number of esters is 1. The number of carbonyl (C=O) groups excluding carboxylic acids is 1. The molecule has 2 N–H and O–H groups in total. The lowest BCUT2D eigenvalue weighted by molar-refractivity contribution is -0.151. The van der Waals surface area contributed by atoms with Crippen LogP contribution in [0.2, 0.25) is 0 Å². The van der Waals surface area contributed by atoms with Crippen molar-refractivity contribution in [2.45, 2.75) is 31.6 Å². The molecular weight excluding hydrogens is 358 g/mol. The second-order valence-corrected chi connectivity index (χ2v) is 6.82. The summed E-state index contributed by atoms with van der Waals surface area (Å²) in [6.07, 6.45) is 4.73. The van der Waals surface area contributed by atoms with Gasteiger partial charge in [-0.1, -0.05) is 29.5 Å². The number of aliphatic hydroxyl groups excluding tert-OH is 1. The molecule has 0 saturated carbocycles. The molecule has 1 aliphatic heterocycles. The van der Waals surface area contributed by atoms with E-state index in [1.807, 2.05) is 42.6 Å². The zero-order valence-corrected chi connectivity index (χ0v) is 15.4. The van der Waals surface area contributed by atoms with Gasteiger partial charge in [0.1, 0.15) is 17.9 Å². The molecule has 0 aliphatic carbocycles. The lowest BCUT2D eigenvalue weighted by Gasteiger charge is -2.21. The maximum Gasteiger partial charge on any atom is 0.303 e. The molecule has 0 spiro atoms. The van der Waals surface area contributed by atoms with E-state index in [-0.39, 0.29) is 12.0 Å². The summed E-state index contributed by atoms with van der Waals surface area (Å²) < 4.78 is 6.95. The second-order valence-electron chi connectivity index (χ2n) is 6.82. The molecule has 2 aromatic heterocycles. The van der Waals surface area contributed by atoms with Crippen LogP contribution in [0.5, 0.6) is 0 Å². The van der Waals surface area contributed by atoms with E-state index < -0.39 is 12.2 Å². The highest BCUT2D eigenvalue weighted by Crippen LogP contribution is 2.21. The van der Waals surface area contributed by atoms with Crippen LogP contribution in [0.1, 0.15) is 12.5 Å². The Balaban J connectivity index is 1.46. The average Bonchev–Trinajstić information content (AvgIpc) is 3.32. The topological polar surface area (TPSA) is 102 Å². The minimum atomic E-state index is -0.685. The number of β-amino-alcohol motifs (C(OH)–C–C–N with tert-alkyl or cyclic N) is 1. The van der Waals surface area contributed by atoms with Crippen molar-refractivity contribution in [2.75, 3.05) is 6.54 Å². The van der Waals surface area contributed by atoms with E-state index in [4.69, 9.17) is 4.74 Å². The van der Waals surface area contributed by atoms with Gasteiger partial charge < -0.3 is 15.2 Å². The number of aliphatic hydroxyl groups is 1. The number of benzene rings is 1. The Morgan fingerprint density at radius 3 is 2.86 bits per heavy atom. The Hall–Kier alpha value is -3.10. The molecule has 1 fully saturated rings. The average molecular weight is 379 g/mol. The first-order valence-corrected chi connectivity index (χ1v) is 9.11. The summed E-state index contributed by atoms with van der Waals surface area (Å²) >= 11 is 0. The van der Waals surface area contributed by atoms with Crippen molar-refractivity contribution in [2.24, 2.45) is 0 Å². The highest BCUT2D eigenvalue weighted by atomic mass is 16.6. The SMILES string of the molecule is CC(=O)O[C@@H]1[C@@H](O)CN[C@@H]1Cc1ccc(-c2cn(-c3cccnc3)nn2)cc1. The third kappa shape index (κ3) is 3.92. The summed E-state index contributed by atoms with van der Waals surface area (Å²) in [6.45, 7) is 1.77. The lowest BCUT2D eigenvalue weighted by atomic mass is 10.00. The number of nitrogens with zero attached hydrogens (tertiary/aromatic N) is 4. The van der Waals surface area contributed by atoms with Crippen LogP contribution in [-0.2, 0) is 16.0 Å². The largest absolute Gasteiger partial charge is 0.458 e. The normalized spacial score (nSPS) is 21.6. The predicted molar refractivity (Wildman–Crippen MR) is 102 cm³/mol.